The van der Waals surface area contributed by atoms with Gasteiger partial charge in [0.1, 0.15) is 44.9 Å². The van der Waals surface area contributed by atoms with Gasteiger partial charge in [-0.25, -0.2) is 14.8 Å². The number of hydrogen-bond acceptors (Lipinski definition) is 9. The normalized spacial score (nSPS) is 12.8. The molecule has 44 heavy (non-hydrogen) atoms. The van der Waals surface area contributed by atoms with Gasteiger partial charge in [0.15, 0.2) is 0 Å². The number of benzene rings is 1. The lowest BCUT2D eigenvalue weighted by Gasteiger charge is -2.30. The number of esters is 1. The average molecular weight is 689 g/mol. The molecule has 0 aliphatic heterocycles. The second-order valence-electron chi connectivity index (χ2n) is 9.26. The molecule has 0 fully saturated rings. The molecule has 0 saturated heterocycles. The number of hydrogen-bond donors (Lipinski definition) is 0. The van der Waals surface area contributed by atoms with Gasteiger partial charge in [-0.3, -0.25) is 4.68 Å². The summed E-state index contributed by atoms with van der Waals surface area (Å²) in [6.45, 7) is 0.238. The van der Waals surface area contributed by atoms with Crippen molar-refractivity contribution >= 4 is 59.1 Å². The predicted octanol–water partition coefficient (Wildman–Crippen LogP) is 5.69. The minimum absolute atomic E-state index is 0.0240. The van der Waals surface area contributed by atoms with E-state index in [9.17, 15) is 22.4 Å². The van der Waals surface area contributed by atoms with E-state index in [4.69, 9.17) is 34.3 Å². The highest BCUT2D eigenvalue weighted by molar-refractivity contribution is 9.10. The van der Waals surface area contributed by atoms with Crippen LogP contribution in [0.4, 0.5) is 17.6 Å². The maximum Gasteiger partial charge on any atom is 0.408 e. The largest absolute Gasteiger partial charge is 0.501 e. The molecule has 5 rings (SSSR count). The first-order valence-corrected chi connectivity index (χ1v) is 14.4. The second-order valence-corrected chi connectivity index (χ2v) is 11.1. The number of alkyl halides is 3. The van der Waals surface area contributed by atoms with Crippen LogP contribution in [0.2, 0.25) is 0 Å². The van der Waals surface area contributed by atoms with Gasteiger partial charge in [0.05, 0.1) is 32.4 Å². The van der Waals surface area contributed by atoms with E-state index in [2.05, 4.69) is 31.0 Å². The summed E-state index contributed by atoms with van der Waals surface area (Å²) in [6.07, 6.45) is -3.65. The molecule has 0 unspecified atom stereocenters. The Labute approximate surface area is 262 Å². The third-order valence-electron chi connectivity index (χ3n) is 6.10. The van der Waals surface area contributed by atoms with Crippen LogP contribution in [0.3, 0.4) is 0 Å². The fraction of sp³-hybridized carbons (Fsp3) is 0.259. The number of nitrogens with zero attached hydrogens (tertiary/aromatic N) is 4. The molecule has 0 saturated carbocycles. The third-order valence-corrected chi connectivity index (χ3v) is 8.27. The van der Waals surface area contributed by atoms with Crippen LogP contribution in [-0.2, 0) is 27.9 Å². The first kappa shape index (κ1) is 31.6. The predicted molar refractivity (Wildman–Crippen MR) is 156 cm³/mol. The zero-order valence-corrected chi connectivity index (χ0v) is 25.1. The lowest BCUT2D eigenvalue weighted by molar-refractivity contribution is -0.151. The maximum atomic E-state index is 13.6. The lowest BCUT2D eigenvalue weighted by atomic mass is 9.63. The molecular formula is C27H19B2BrF4N4O5S. The Morgan fingerprint density at radius 3 is 2.64 bits per heavy atom. The van der Waals surface area contributed by atoms with Gasteiger partial charge in [0.25, 0.3) is 6.01 Å². The van der Waals surface area contributed by atoms with Crippen LogP contribution in [0.5, 0.6) is 11.6 Å². The molecule has 5 aromatic rings. The highest BCUT2D eigenvalue weighted by Gasteiger charge is 2.34. The number of fused-ring (bicyclic) bond motifs is 1. The zero-order valence-electron chi connectivity index (χ0n) is 22.7. The van der Waals surface area contributed by atoms with E-state index in [1.165, 1.54) is 41.9 Å². The van der Waals surface area contributed by atoms with E-state index < -0.39 is 36.2 Å². The summed E-state index contributed by atoms with van der Waals surface area (Å²) in [6, 6.07) is 9.42. The number of carbonyl (C=O) groups excluding carboxylic acids is 1. The molecule has 1 aromatic carbocycles. The number of halogens is 5. The summed E-state index contributed by atoms with van der Waals surface area (Å²) >= 11 is 4.67. The Hall–Kier alpha value is -3.85. The van der Waals surface area contributed by atoms with Crippen molar-refractivity contribution < 1.29 is 41.0 Å². The Bertz CT molecular complexity index is 1800. The monoisotopic (exact) mass is 688 g/mol. The highest BCUT2D eigenvalue weighted by Crippen LogP contribution is 2.45. The van der Waals surface area contributed by atoms with Crippen molar-refractivity contribution in [2.75, 3.05) is 6.61 Å². The van der Waals surface area contributed by atoms with E-state index >= 15 is 0 Å². The topological polar surface area (TPSA) is 102 Å². The van der Waals surface area contributed by atoms with Gasteiger partial charge < -0.3 is 18.6 Å². The van der Waals surface area contributed by atoms with Crippen LogP contribution in [0.15, 0.2) is 63.9 Å². The van der Waals surface area contributed by atoms with E-state index in [0.29, 0.717) is 29.8 Å². The number of furan rings is 1. The Morgan fingerprint density at radius 2 is 1.93 bits per heavy atom. The molecular weight excluding hydrogens is 670 g/mol. The quantitative estimate of drug-likeness (QED) is 0.0992. The molecule has 224 valence electrons. The first-order chi connectivity index (χ1) is 20.9. The molecule has 0 amide bonds. The van der Waals surface area contributed by atoms with Crippen molar-refractivity contribution in [3.63, 3.8) is 0 Å². The number of rotatable bonds is 11. The van der Waals surface area contributed by atoms with Gasteiger partial charge in [-0.1, -0.05) is 18.2 Å². The van der Waals surface area contributed by atoms with Crippen molar-refractivity contribution in [3.8, 4) is 22.3 Å². The zero-order chi connectivity index (χ0) is 31.6. The van der Waals surface area contributed by atoms with Crippen molar-refractivity contribution in [1.29, 1.82) is 0 Å². The molecule has 0 aliphatic rings. The summed E-state index contributed by atoms with van der Waals surface area (Å²) in [4.78, 5) is 22.6. The van der Waals surface area contributed by atoms with Gasteiger partial charge in [-0.2, -0.15) is 22.7 Å². The van der Waals surface area contributed by atoms with Crippen molar-refractivity contribution in [2.45, 2.75) is 37.6 Å². The average Bonchev–Trinajstić information content (AvgIpc) is 3.68. The van der Waals surface area contributed by atoms with Crippen molar-refractivity contribution in [2.24, 2.45) is 0 Å². The molecule has 0 spiro atoms. The standard InChI is InChI=1S/C27H19B2BrF4N4O5S/c1-2-40-25(39)17(42-23-20-21(30)22(16-7-8-19(31)41-16)44-24(20)36-13-35-23)11-14-5-3-4-6-15(14)43-27(28,29)18-9-10-37-38(18)12-26(32,33)34/h3-10,13,17H,2,11-12H2,1H3/t17-/m0/s1. The number of ether oxygens (including phenoxy) is 3. The molecule has 9 nitrogen and oxygen atoms in total. The highest BCUT2D eigenvalue weighted by atomic mass is 79.9. The number of aromatic nitrogens is 4. The molecule has 0 N–H and O–H groups in total. The minimum atomic E-state index is -4.59. The molecule has 1 atom stereocenters. The van der Waals surface area contributed by atoms with E-state index in [-0.39, 0.29) is 36.1 Å². The van der Waals surface area contributed by atoms with Gasteiger partial charge in [-0.15, -0.1) is 11.3 Å². The van der Waals surface area contributed by atoms with Crippen molar-refractivity contribution in [3.05, 3.63) is 76.7 Å². The summed E-state index contributed by atoms with van der Waals surface area (Å²) in [5.41, 5.74) is 0.134. The molecule has 4 radical (unpaired) electrons. The fourth-order valence-corrected chi connectivity index (χ4v) is 6.18. The lowest BCUT2D eigenvalue weighted by Crippen LogP contribution is -2.38. The third kappa shape index (κ3) is 6.93. The summed E-state index contributed by atoms with van der Waals surface area (Å²) in [5, 5.41) is 1.83. The van der Waals surface area contributed by atoms with Crippen LogP contribution >= 0.6 is 27.3 Å². The Kier molecular flexibility index (Phi) is 9.07. The smallest absolute Gasteiger partial charge is 0.408 e. The minimum Gasteiger partial charge on any atom is -0.501 e. The Morgan fingerprint density at radius 1 is 1.16 bits per heavy atom. The van der Waals surface area contributed by atoms with Gasteiger partial charge in [0, 0.05) is 18.7 Å². The first-order valence-electron chi connectivity index (χ1n) is 12.8. The fourth-order valence-electron chi connectivity index (χ4n) is 4.27. The van der Waals surface area contributed by atoms with Crippen LogP contribution in [0.25, 0.3) is 20.9 Å². The summed E-state index contributed by atoms with van der Waals surface area (Å²) in [5.74, 6) is -0.388. The van der Waals surface area contributed by atoms with Gasteiger partial charge in [-0.05, 0) is 46.6 Å². The van der Waals surface area contributed by atoms with Crippen LogP contribution in [-0.4, -0.2) is 60.3 Å². The van der Waals surface area contributed by atoms with E-state index in [1.54, 1.807) is 25.1 Å². The molecule has 0 bridgehead atoms. The van der Waals surface area contributed by atoms with Gasteiger partial charge in [0.2, 0.25) is 12.0 Å². The van der Waals surface area contributed by atoms with Gasteiger partial charge >= 0.3 is 12.1 Å². The molecule has 0 aliphatic carbocycles. The van der Waals surface area contributed by atoms with Crippen LogP contribution in [0.1, 0.15) is 18.2 Å². The Balaban J connectivity index is 1.46. The molecule has 4 aromatic heterocycles. The van der Waals surface area contributed by atoms with E-state index in [0.717, 1.165) is 6.20 Å². The van der Waals surface area contributed by atoms with Crippen LogP contribution < -0.4 is 9.47 Å². The molecule has 17 heteroatoms. The molecule has 4 heterocycles. The second kappa shape index (κ2) is 12.6. The summed E-state index contributed by atoms with van der Waals surface area (Å²) < 4.78 is 76.1. The summed E-state index contributed by atoms with van der Waals surface area (Å²) in [7, 11) is 12.3. The number of carbonyl (C=O) groups is 1. The van der Waals surface area contributed by atoms with Crippen molar-refractivity contribution in [1.82, 2.24) is 19.7 Å². The SMILES string of the molecule is [B]C([B])(Oc1ccccc1C[C@H](Oc1ncnc2sc(-c3ccc(F)o3)c(Br)c12)C(=O)OCC)c1ccnn1CC(F)(F)F. The maximum absolute atomic E-state index is 13.6. The van der Waals surface area contributed by atoms with Crippen LogP contribution in [0, 0.1) is 6.01 Å². The number of thiophene rings is 1. The number of para-hydroxylation sites is 1. The van der Waals surface area contributed by atoms with E-state index in [1.807, 2.05) is 0 Å².